The van der Waals surface area contributed by atoms with Gasteiger partial charge in [0.2, 0.25) is 5.95 Å². The average molecular weight is 407 g/mol. The van der Waals surface area contributed by atoms with E-state index in [1.165, 1.54) is 19.3 Å². The van der Waals surface area contributed by atoms with Crippen LogP contribution in [0.3, 0.4) is 0 Å². The van der Waals surface area contributed by atoms with Crippen molar-refractivity contribution < 1.29 is 9.47 Å². The van der Waals surface area contributed by atoms with E-state index in [2.05, 4.69) is 43.3 Å². The van der Waals surface area contributed by atoms with E-state index in [0.717, 1.165) is 17.2 Å². The van der Waals surface area contributed by atoms with Gasteiger partial charge in [-0.15, -0.1) is 0 Å². The quantitative estimate of drug-likeness (QED) is 0.689. The van der Waals surface area contributed by atoms with Crippen molar-refractivity contribution in [1.29, 1.82) is 0 Å². The fraction of sp³-hybridized carbons (Fsp3) is 0.429. The first-order chi connectivity index (χ1) is 14.6. The first kappa shape index (κ1) is 18.7. The van der Waals surface area contributed by atoms with Crippen LogP contribution in [0.5, 0.6) is 11.5 Å². The molecule has 1 fully saturated rings. The SMILES string of the molecule is COc1cc(Nc2ncc3c(n2)N(C)C(C)CO3)ncc1-n1cnc(C2CCC2)c1. The Morgan fingerprint density at radius 2 is 2.07 bits per heavy atom. The zero-order valence-electron chi connectivity index (χ0n) is 17.4. The molecule has 5 rings (SSSR count). The minimum atomic E-state index is 0.248. The van der Waals surface area contributed by atoms with Crippen LogP contribution in [0.25, 0.3) is 5.69 Å². The van der Waals surface area contributed by atoms with Gasteiger partial charge in [-0.3, -0.25) is 0 Å². The van der Waals surface area contributed by atoms with Crippen molar-refractivity contribution in [2.45, 2.75) is 38.1 Å². The maximum atomic E-state index is 5.70. The van der Waals surface area contributed by atoms with E-state index in [9.17, 15) is 0 Å². The van der Waals surface area contributed by atoms with Crippen LogP contribution in [0, 0.1) is 0 Å². The Hall–Kier alpha value is -3.36. The lowest BCUT2D eigenvalue weighted by atomic mass is 9.83. The normalized spacial score (nSPS) is 18.4. The van der Waals surface area contributed by atoms with Crippen molar-refractivity contribution in [3.05, 3.63) is 36.7 Å². The minimum absolute atomic E-state index is 0.248. The van der Waals surface area contributed by atoms with E-state index in [-0.39, 0.29) is 6.04 Å². The maximum Gasteiger partial charge on any atom is 0.230 e. The first-order valence-electron chi connectivity index (χ1n) is 10.2. The smallest absolute Gasteiger partial charge is 0.230 e. The Morgan fingerprint density at radius 3 is 2.83 bits per heavy atom. The Bertz CT molecular complexity index is 1060. The monoisotopic (exact) mass is 407 g/mol. The van der Waals surface area contributed by atoms with Gasteiger partial charge in [0.1, 0.15) is 23.9 Å². The summed E-state index contributed by atoms with van der Waals surface area (Å²) in [6.45, 7) is 2.71. The highest BCUT2D eigenvalue weighted by molar-refractivity contribution is 5.60. The zero-order chi connectivity index (χ0) is 20.7. The first-order valence-corrected chi connectivity index (χ1v) is 10.2. The van der Waals surface area contributed by atoms with E-state index < -0.39 is 0 Å². The number of rotatable bonds is 5. The Morgan fingerprint density at radius 1 is 1.20 bits per heavy atom. The number of nitrogens with one attached hydrogen (secondary N) is 1. The van der Waals surface area contributed by atoms with Crippen LogP contribution < -0.4 is 19.7 Å². The molecule has 3 aromatic heterocycles. The van der Waals surface area contributed by atoms with Gasteiger partial charge in [-0.05, 0) is 19.8 Å². The van der Waals surface area contributed by atoms with Crippen LogP contribution in [0.15, 0.2) is 31.0 Å². The van der Waals surface area contributed by atoms with Crippen LogP contribution in [-0.2, 0) is 0 Å². The fourth-order valence-electron chi connectivity index (χ4n) is 3.66. The standard InChI is InChI=1S/C21H25N7O2/c1-13-11-30-18-9-23-21(26-20(18)27(13)2)25-19-7-17(29-3)16(8-22-19)28-10-15(24-12-28)14-5-4-6-14/h7-10,12-14H,4-6,11H2,1-3H3,(H,22,23,25,26). The number of nitrogens with zero attached hydrogens (tertiary/aromatic N) is 6. The topological polar surface area (TPSA) is 90.2 Å². The molecule has 4 heterocycles. The van der Waals surface area contributed by atoms with E-state index >= 15 is 0 Å². The molecule has 30 heavy (non-hydrogen) atoms. The van der Waals surface area contributed by atoms with Crippen LogP contribution >= 0.6 is 0 Å². The summed E-state index contributed by atoms with van der Waals surface area (Å²) >= 11 is 0. The average Bonchev–Trinajstić information content (AvgIpc) is 3.19. The lowest BCUT2D eigenvalue weighted by Gasteiger charge is -2.32. The molecular formula is C21H25N7O2. The molecule has 1 N–H and O–H groups in total. The lowest BCUT2D eigenvalue weighted by molar-refractivity contribution is 0.271. The molecule has 0 saturated heterocycles. The van der Waals surface area contributed by atoms with E-state index in [1.54, 1.807) is 19.5 Å². The predicted octanol–water partition coefficient (Wildman–Crippen LogP) is 3.29. The minimum Gasteiger partial charge on any atom is -0.494 e. The van der Waals surface area contributed by atoms with Crippen molar-refractivity contribution >= 4 is 17.6 Å². The Balaban J connectivity index is 1.39. The molecule has 1 aliphatic carbocycles. The number of methoxy groups -OCH3 is 1. The molecule has 0 bridgehead atoms. The summed E-state index contributed by atoms with van der Waals surface area (Å²) in [5.74, 6) is 3.77. The summed E-state index contributed by atoms with van der Waals surface area (Å²) in [6, 6.07) is 2.09. The summed E-state index contributed by atoms with van der Waals surface area (Å²) in [7, 11) is 3.65. The van der Waals surface area contributed by atoms with Crippen molar-refractivity contribution in [2.24, 2.45) is 0 Å². The Labute approximate surface area is 175 Å². The third-order valence-corrected chi connectivity index (χ3v) is 5.92. The summed E-state index contributed by atoms with van der Waals surface area (Å²) < 4.78 is 13.3. The van der Waals surface area contributed by atoms with Gasteiger partial charge in [0.25, 0.3) is 0 Å². The molecule has 9 heteroatoms. The molecule has 0 amide bonds. The number of likely N-dealkylation sites (N-methyl/N-ethyl adjacent to an activating group) is 1. The highest BCUT2D eigenvalue weighted by Crippen LogP contribution is 2.36. The van der Waals surface area contributed by atoms with Gasteiger partial charge < -0.3 is 24.3 Å². The van der Waals surface area contributed by atoms with Crippen LogP contribution in [0.1, 0.15) is 37.8 Å². The summed E-state index contributed by atoms with van der Waals surface area (Å²) in [6.07, 6.45) is 11.1. The third-order valence-electron chi connectivity index (χ3n) is 5.92. The predicted molar refractivity (Wildman–Crippen MR) is 113 cm³/mol. The van der Waals surface area contributed by atoms with Gasteiger partial charge in [-0.25, -0.2) is 15.0 Å². The van der Waals surface area contributed by atoms with E-state index in [1.807, 2.05) is 24.0 Å². The molecule has 0 spiro atoms. The van der Waals surface area contributed by atoms with Gasteiger partial charge in [-0.1, -0.05) is 6.42 Å². The second-order valence-corrected chi connectivity index (χ2v) is 7.85. The molecule has 0 radical (unpaired) electrons. The molecule has 2 aliphatic rings. The van der Waals surface area contributed by atoms with Crippen LogP contribution in [-0.4, -0.2) is 51.3 Å². The number of ether oxygens (including phenoxy) is 2. The number of pyridine rings is 1. The van der Waals surface area contributed by atoms with Gasteiger partial charge >= 0.3 is 0 Å². The molecule has 0 aromatic carbocycles. The largest absolute Gasteiger partial charge is 0.494 e. The third kappa shape index (κ3) is 3.30. The van der Waals surface area contributed by atoms with E-state index in [0.29, 0.717) is 35.8 Å². The molecule has 1 saturated carbocycles. The summed E-state index contributed by atoms with van der Waals surface area (Å²) in [5.41, 5.74) is 1.97. The molecule has 1 atom stereocenters. The molecule has 9 nitrogen and oxygen atoms in total. The maximum absolute atomic E-state index is 5.70. The van der Waals surface area contributed by atoms with Gasteiger partial charge in [0, 0.05) is 25.2 Å². The molecule has 156 valence electrons. The lowest BCUT2D eigenvalue weighted by Crippen LogP contribution is -2.38. The molecule has 1 aliphatic heterocycles. The Kier molecular flexibility index (Phi) is 4.65. The number of aromatic nitrogens is 5. The molecule has 3 aromatic rings. The van der Waals surface area contributed by atoms with Crippen molar-refractivity contribution in [3.63, 3.8) is 0 Å². The fourth-order valence-corrected chi connectivity index (χ4v) is 3.66. The highest BCUT2D eigenvalue weighted by Gasteiger charge is 2.24. The number of hydrogen-bond donors (Lipinski definition) is 1. The van der Waals surface area contributed by atoms with E-state index in [4.69, 9.17) is 9.47 Å². The summed E-state index contributed by atoms with van der Waals surface area (Å²) in [4.78, 5) is 20.1. The number of hydrogen-bond acceptors (Lipinski definition) is 8. The van der Waals surface area contributed by atoms with Crippen LogP contribution in [0.4, 0.5) is 17.6 Å². The zero-order valence-corrected chi connectivity index (χ0v) is 17.4. The van der Waals surface area contributed by atoms with Gasteiger partial charge in [-0.2, -0.15) is 4.98 Å². The molecule has 1 unspecified atom stereocenters. The molecular weight excluding hydrogens is 382 g/mol. The second kappa shape index (κ2) is 7.47. The van der Waals surface area contributed by atoms with Crippen molar-refractivity contribution in [3.8, 4) is 17.2 Å². The number of fused-ring (bicyclic) bond motifs is 1. The second-order valence-electron chi connectivity index (χ2n) is 7.85. The van der Waals surface area contributed by atoms with Crippen molar-refractivity contribution in [1.82, 2.24) is 24.5 Å². The number of anilines is 3. The number of imidazole rings is 1. The van der Waals surface area contributed by atoms with Gasteiger partial charge in [0.15, 0.2) is 11.6 Å². The summed E-state index contributed by atoms with van der Waals surface area (Å²) in [5, 5.41) is 3.16. The van der Waals surface area contributed by atoms with Crippen LogP contribution in [0.2, 0.25) is 0 Å². The van der Waals surface area contributed by atoms with Crippen molar-refractivity contribution in [2.75, 3.05) is 31.0 Å². The highest BCUT2D eigenvalue weighted by atomic mass is 16.5. The van der Waals surface area contributed by atoms with Gasteiger partial charge in [0.05, 0.1) is 37.6 Å².